The molecule has 0 aromatic heterocycles. The topological polar surface area (TPSA) is 3.24 Å². The largest absolute Gasteiger partial charge is 0.303 e. The van der Waals surface area contributed by atoms with E-state index in [0.717, 1.165) is 11.8 Å². The van der Waals surface area contributed by atoms with Gasteiger partial charge in [-0.15, -0.1) is 0 Å². The van der Waals surface area contributed by atoms with Crippen molar-refractivity contribution < 1.29 is 0 Å². The molecule has 1 heteroatoms. The van der Waals surface area contributed by atoms with E-state index in [1.165, 1.54) is 161 Å². The summed E-state index contributed by atoms with van der Waals surface area (Å²) < 4.78 is 0. The van der Waals surface area contributed by atoms with Crippen LogP contribution < -0.4 is 0 Å². The Bertz CT molecular complexity index is 330. The van der Waals surface area contributed by atoms with Crippen LogP contribution in [0.3, 0.4) is 0 Å². The Hall–Kier alpha value is -0.0400. The maximum atomic E-state index is 2.81. The molecule has 0 saturated heterocycles. The summed E-state index contributed by atoms with van der Waals surface area (Å²) in [7, 11) is 0. The van der Waals surface area contributed by atoms with Gasteiger partial charge in [0.05, 0.1) is 0 Å². The van der Waals surface area contributed by atoms with Gasteiger partial charge < -0.3 is 4.90 Å². The molecule has 200 valence electrons. The van der Waals surface area contributed by atoms with Gasteiger partial charge in [0.15, 0.2) is 0 Å². The Morgan fingerprint density at radius 1 is 0.364 bits per heavy atom. The zero-order valence-corrected chi connectivity index (χ0v) is 24.3. The van der Waals surface area contributed by atoms with E-state index in [-0.39, 0.29) is 0 Å². The molecule has 0 aliphatic rings. The van der Waals surface area contributed by atoms with Gasteiger partial charge in [0.25, 0.3) is 0 Å². The third-order valence-electron chi connectivity index (χ3n) is 7.34. The van der Waals surface area contributed by atoms with E-state index in [0.29, 0.717) is 0 Å². The van der Waals surface area contributed by atoms with Gasteiger partial charge in [-0.1, -0.05) is 157 Å². The monoisotopic (exact) mass is 466 g/mol. The van der Waals surface area contributed by atoms with Gasteiger partial charge >= 0.3 is 0 Å². The maximum Gasteiger partial charge on any atom is -0.00187 e. The van der Waals surface area contributed by atoms with Crippen LogP contribution in [0.2, 0.25) is 0 Å². The van der Waals surface area contributed by atoms with Gasteiger partial charge in [0, 0.05) is 0 Å². The fraction of sp³-hybridized carbons (Fsp3) is 1.00. The van der Waals surface area contributed by atoms with Crippen molar-refractivity contribution in [3.8, 4) is 0 Å². The molecule has 0 aliphatic heterocycles. The molecule has 0 bridgehead atoms. The number of hydrogen-bond donors (Lipinski definition) is 0. The lowest BCUT2D eigenvalue weighted by atomic mass is 10.0. The number of rotatable bonds is 27. The lowest BCUT2D eigenvalue weighted by Crippen LogP contribution is -2.27. The van der Waals surface area contributed by atoms with Gasteiger partial charge in [-0.2, -0.15) is 0 Å². The van der Waals surface area contributed by atoms with Crippen LogP contribution in [0.15, 0.2) is 0 Å². The van der Waals surface area contributed by atoms with Crippen LogP contribution in [0.1, 0.15) is 176 Å². The van der Waals surface area contributed by atoms with Crippen LogP contribution >= 0.6 is 0 Å². The first-order chi connectivity index (χ1) is 16.1. The lowest BCUT2D eigenvalue weighted by molar-refractivity contribution is 0.253. The molecule has 0 rings (SSSR count). The fourth-order valence-corrected chi connectivity index (χ4v) is 4.99. The van der Waals surface area contributed by atoms with Crippen LogP contribution in [0.25, 0.3) is 0 Å². The zero-order chi connectivity index (χ0) is 24.4. The first-order valence-corrected chi connectivity index (χ1v) is 15.8. The number of unbranched alkanes of at least 4 members (excludes halogenated alkanes) is 17. The molecule has 0 radical (unpaired) electrons. The summed E-state index contributed by atoms with van der Waals surface area (Å²) in [5.74, 6) is 1.75. The second-order valence-electron chi connectivity index (χ2n) is 11.9. The van der Waals surface area contributed by atoms with E-state index in [1.54, 1.807) is 0 Å². The highest BCUT2D eigenvalue weighted by Gasteiger charge is 2.06. The van der Waals surface area contributed by atoms with Gasteiger partial charge in [0.2, 0.25) is 0 Å². The summed E-state index contributed by atoms with van der Waals surface area (Å²) in [5, 5.41) is 0. The smallest absolute Gasteiger partial charge is 0.00187 e. The van der Waals surface area contributed by atoms with E-state index in [2.05, 4.69) is 39.5 Å². The molecular weight excluding hydrogens is 398 g/mol. The Kier molecular flexibility index (Phi) is 26.5. The van der Waals surface area contributed by atoms with Crippen molar-refractivity contribution in [2.24, 2.45) is 11.8 Å². The van der Waals surface area contributed by atoms with Crippen LogP contribution in [0, 0.1) is 11.8 Å². The zero-order valence-electron chi connectivity index (χ0n) is 24.3. The van der Waals surface area contributed by atoms with Gasteiger partial charge in [-0.25, -0.2) is 0 Å². The minimum atomic E-state index is 0.873. The SMILES string of the molecule is CCCCCCCCCCCCCCCCN(CCCCCC(C)C)CCCCCC(C)C. The van der Waals surface area contributed by atoms with Crippen molar-refractivity contribution in [1.29, 1.82) is 0 Å². The quantitative estimate of drug-likeness (QED) is 0.109. The van der Waals surface area contributed by atoms with Gasteiger partial charge in [-0.05, 0) is 50.7 Å². The molecule has 1 nitrogen and oxygen atoms in total. The predicted molar refractivity (Wildman–Crippen MR) is 153 cm³/mol. The van der Waals surface area contributed by atoms with Crippen LogP contribution in [-0.4, -0.2) is 24.5 Å². The van der Waals surface area contributed by atoms with E-state index < -0.39 is 0 Å². The van der Waals surface area contributed by atoms with E-state index in [4.69, 9.17) is 0 Å². The third kappa shape index (κ3) is 28.1. The molecule has 0 heterocycles. The molecule has 0 unspecified atom stereocenters. The Labute approximate surface area is 212 Å². The van der Waals surface area contributed by atoms with Gasteiger partial charge in [-0.3, -0.25) is 0 Å². The molecule has 0 saturated carbocycles. The number of nitrogens with zero attached hydrogens (tertiary/aromatic N) is 1. The lowest BCUT2D eigenvalue weighted by Gasteiger charge is -2.22. The van der Waals surface area contributed by atoms with Crippen LogP contribution in [0.4, 0.5) is 0 Å². The minimum Gasteiger partial charge on any atom is -0.303 e. The van der Waals surface area contributed by atoms with E-state index in [9.17, 15) is 0 Å². The van der Waals surface area contributed by atoms with Gasteiger partial charge in [0.1, 0.15) is 0 Å². The van der Waals surface area contributed by atoms with Crippen molar-refractivity contribution in [2.75, 3.05) is 19.6 Å². The highest BCUT2D eigenvalue weighted by Crippen LogP contribution is 2.14. The van der Waals surface area contributed by atoms with Crippen molar-refractivity contribution in [3.63, 3.8) is 0 Å². The third-order valence-corrected chi connectivity index (χ3v) is 7.34. The molecule has 0 aromatic rings. The maximum absolute atomic E-state index is 2.81. The van der Waals surface area contributed by atoms with Crippen molar-refractivity contribution >= 4 is 0 Å². The highest BCUT2D eigenvalue weighted by atomic mass is 15.1. The molecule has 0 aromatic carbocycles. The summed E-state index contributed by atoms with van der Waals surface area (Å²) in [6.07, 6.45) is 31.8. The average Bonchev–Trinajstić information content (AvgIpc) is 2.77. The molecule has 33 heavy (non-hydrogen) atoms. The second kappa shape index (κ2) is 26.6. The highest BCUT2D eigenvalue weighted by molar-refractivity contribution is 4.61. The molecule has 0 N–H and O–H groups in total. The fourth-order valence-electron chi connectivity index (χ4n) is 4.99. The molecule has 0 atom stereocenters. The molecule has 0 spiro atoms. The standard InChI is InChI=1S/C32H67N/c1-6-7-8-9-10-11-12-13-14-15-16-17-18-23-28-33(29-24-19-21-26-31(2)3)30-25-20-22-27-32(4)5/h31-32H,6-30H2,1-5H3. The molecule has 0 aliphatic carbocycles. The van der Waals surface area contributed by atoms with Crippen LogP contribution in [0.5, 0.6) is 0 Å². The molecule has 0 fully saturated rings. The summed E-state index contributed by atoms with van der Waals surface area (Å²) in [5.41, 5.74) is 0. The second-order valence-corrected chi connectivity index (χ2v) is 11.9. The average molecular weight is 466 g/mol. The summed E-state index contributed by atoms with van der Waals surface area (Å²) >= 11 is 0. The predicted octanol–water partition coefficient (Wildman–Crippen LogP) is 11.2. The van der Waals surface area contributed by atoms with Crippen molar-refractivity contribution in [3.05, 3.63) is 0 Å². The van der Waals surface area contributed by atoms with Crippen molar-refractivity contribution in [2.45, 2.75) is 176 Å². The molecule has 0 amide bonds. The van der Waals surface area contributed by atoms with Crippen LogP contribution in [-0.2, 0) is 0 Å². The normalized spacial score (nSPS) is 12.0. The first kappa shape index (κ1) is 33.0. The minimum absolute atomic E-state index is 0.873. The van der Waals surface area contributed by atoms with E-state index in [1.807, 2.05) is 0 Å². The Balaban J connectivity index is 3.71. The van der Waals surface area contributed by atoms with Crippen molar-refractivity contribution in [1.82, 2.24) is 4.90 Å². The molecular formula is C32H67N. The number of hydrogen-bond acceptors (Lipinski definition) is 1. The Morgan fingerprint density at radius 2 is 0.636 bits per heavy atom. The first-order valence-electron chi connectivity index (χ1n) is 15.8. The summed E-state index contributed by atoms with van der Waals surface area (Å²) in [6.45, 7) is 15.8. The summed E-state index contributed by atoms with van der Waals surface area (Å²) in [6, 6.07) is 0. The summed E-state index contributed by atoms with van der Waals surface area (Å²) in [4.78, 5) is 2.81. The van der Waals surface area contributed by atoms with E-state index >= 15 is 0 Å². The Morgan fingerprint density at radius 3 is 0.939 bits per heavy atom.